The Kier molecular flexibility index (Phi) is 0.832. The molecule has 6 bridgehead atoms. The van der Waals surface area contributed by atoms with Gasteiger partial charge in [-0.2, -0.15) is 0 Å². The molecule has 0 heteroatoms. The molecule has 0 aliphatic carbocycles. The largest absolute Gasteiger partial charge is 0.0630 e. The van der Waals surface area contributed by atoms with E-state index in [4.69, 9.17) is 1.37 Å². The fraction of sp³-hybridized carbons (Fsp3) is 0. The fourth-order valence-electron chi connectivity index (χ4n) is 3.19. The molecule has 0 aliphatic heterocycles. The SMILES string of the molecule is [2H]c1cc2cc3c4cccc5ccc(c13)c2c54. The van der Waals surface area contributed by atoms with Gasteiger partial charge in [-0.3, -0.25) is 0 Å². The van der Waals surface area contributed by atoms with Crippen LogP contribution in [0.4, 0.5) is 0 Å². The maximum absolute atomic E-state index is 8.10. The Hall–Kier alpha value is -2.08. The van der Waals surface area contributed by atoms with E-state index in [0.717, 1.165) is 5.39 Å². The molecule has 0 spiro atoms. The number of hydrogen-bond donors (Lipinski definition) is 0. The van der Waals surface area contributed by atoms with Crippen molar-refractivity contribution in [2.45, 2.75) is 0 Å². The van der Waals surface area contributed by atoms with Gasteiger partial charge in [0.2, 0.25) is 0 Å². The summed E-state index contributed by atoms with van der Waals surface area (Å²) in [5, 5.41) is 10.2. The second kappa shape index (κ2) is 2.05. The summed E-state index contributed by atoms with van der Waals surface area (Å²) < 4.78 is 8.10. The van der Waals surface area contributed by atoms with Gasteiger partial charge >= 0.3 is 0 Å². The highest BCUT2D eigenvalue weighted by molar-refractivity contribution is 6.37. The summed E-state index contributed by atoms with van der Waals surface area (Å²) in [5.41, 5.74) is 0. The Morgan fingerprint density at radius 3 is 2.56 bits per heavy atom. The Morgan fingerprint density at radius 1 is 0.688 bits per heavy atom. The maximum atomic E-state index is 8.10. The molecule has 0 aromatic heterocycles. The fourth-order valence-corrected chi connectivity index (χ4v) is 3.19. The van der Waals surface area contributed by atoms with Crippen LogP contribution in [0.15, 0.2) is 48.5 Å². The maximum Gasteiger partial charge on any atom is 0.0630 e. The van der Waals surface area contributed by atoms with Crippen molar-refractivity contribution in [2.75, 3.05) is 0 Å². The molecular formula is C16H8. The van der Waals surface area contributed by atoms with Gasteiger partial charge in [0.25, 0.3) is 0 Å². The van der Waals surface area contributed by atoms with Crippen LogP contribution in [0.25, 0.3) is 43.1 Å². The highest BCUT2D eigenvalue weighted by atomic mass is 14.2. The standard InChI is InChI=1S/C16H8/c1-2-9-4-7-13-11-6-5-10-8-14(11)12(3-1)15(9)16(10)13/h1-8H/i6D. The first kappa shape index (κ1) is 6.49. The van der Waals surface area contributed by atoms with E-state index in [2.05, 4.69) is 36.4 Å². The van der Waals surface area contributed by atoms with Gasteiger partial charge in [-0.25, -0.2) is 0 Å². The van der Waals surface area contributed by atoms with E-state index in [1.165, 1.54) is 37.7 Å². The molecular weight excluding hydrogens is 192 g/mol. The van der Waals surface area contributed by atoms with E-state index >= 15 is 0 Å². The Morgan fingerprint density at radius 2 is 1.56 bits per heavy atom. The van der Waals surface area contributed by atoms with Gasteiger partial charge in [0.1, 0.15) is 0 Å². The lowest BCUT2D eigenvalue weighted by molar-refractivity contribution is 1.80. The summed E-state index contributed by atoms with van der Waals surface area (Å²) in [6, 6.07) is 15.7. The van der Waals surface area contributed by atoms with Gasteiger partial charge in [-0.15, -0.1) is 0 Å². The van der Waals surface area contributed by atoms with Gasteiger partial charge in [0, 0.05) is 0 Å². The molecule has 0 N–H and O–H groups in total. The summed E-state index contributed by atoms with van der Waals surface area (Å²) in [4.78, 5) is 0. The van der Waals surface area contributed by atoms with Crippen molar-refractivity contribution in [3.8, 4) is 0 Å². The molecule has 0 radical (unpaired) electrons. The van der Waals surface area contributed by atoms with E-state index in [1.807, 2.05) is 6.07 Å². The van der Waals surface area contributed by atoms with E-state index in [-0.39, 0.29) is 0 Å². The highest BCUT2D eigenvalue weighted by Crippen LogP contribution is 2.44. The van der Waals surface area contributed by atoms with Crippen molar-refractivity contribution in [3.63, 3.8) is 0 Å². The molecule has 7 rings (SSSR count). The number of hydrogen-bond acceptors (Lipinski definition) is 0. The van der Waals surface area contributed by atoms with Crippen LogP contribution in [0, 0.1) is 0 Å². The molecule has 7 aromatic rings. The van der Waals surface area contributed by atoms with Crippen molar-refractivity contribution < 1.29 is 1.37 Å². The second-order valence-electron chi connectivity index (χ2n) is 4.57. The number of benzene rings is 7. The molecule has 72 valence electrons. The van der Waals surface area contributed by atoms with Crippen LogP contribution in [0.1, 0.15) is 1.37 Å². The molecule has 0 saturated carbocycles. The monoisotopic (exact) mass is 201 g/mol. The average Bonchev–Trinajstić information content (AvgIpc) is 2.37. The van der Waals surface area contributed by atoms with Crippen LogP contribution in [-0.2, 0) is 0 Å². The zero-order valence-electron chi connectivity index (χ0n) is 9.54. The molecule has 0 atom stereocenters. The van der Waals surface area contributed by atoms with Gasteiger partial charge < -0.3 is 0 Å². The zero-order valence-corrected chi connectivity index (χ0v) is 8.54. The lowest BCUT2D eigenvalue weighted by Gasteiger charge is -2.18. The third-order valence-corrected chi connectivity index (χ3v) is 3.83. The summed E-state index contributed by atoms with van der Waals surface area (Å²) in [6.45, 7) is 0. The van der Waals surface area contributed by atoms with Crippen molar-refractivity contribution in [3.05, 3.63) is 48.5 Å². The highest BCUT2D eigenvalue weighted by Gasteiger charge is 2.16. The lowest BCUT2D eigenvalue weighted by Crippen LogP contribution is -1.90. The first-order valence-corrected chi connectivity index (χ1v) is 5.56. The minimum absolute atomic E-state index is 0.666. The van der Waals surface area contributed by atoms with Crippen LogP contribution in [0.3, 0.4) is 0 Å². The third kappa shape index (κ3) is 0.570. The number of rotatable bonds is 0. The lowest BCUT2D eigenvalue weighted by atomic mass is 9.85. The third-order valence-electron chi connectivity index (χ3n) is 3.83. The minimum atomic E-state index is 0.666. The van der Waals surface area contributed by atoms with Crippen molar-refractivity contribution in [2.24, 2.45) is 0 Å². The predicted molar refractivity (Wildman–Crippen MR) is 70.0 cm³/mol. The van der Waals surface area contributed by atoms with Gasteiger partial charge in [0.05, 0.1) is 1.37 Å². The van der Waals surface area contributed by atoms with Crippen molar-refractivity contribution >= 4 is 43.1 Å². The molecule has 16 heavy (non-hydrogen) atoms. The van der Waals surface area contributed by atoms with Crippen LogP contribution < -0.4 is 0 Å². The smallest absolute Gasteiger partial charge is 0.0610 e. The minimum Gasteiger partial charge on any atom is -0.0610 e. The molecule has 0 fully saturated rings. The molecule has 0 saturated heterocycles. The molecule has 0 aliphatic rings. The summed E-state index contributed by atoms with van der Waals surface area (Å²) in [6.07, 6.45) is 0. The summed E-state index contributed by atoms with van der Waals surface area (Å²) >= 11 is 0. The predicted octanol–water partition coefficient (Wildman–Crippen LogP) is 4.61. The van der Waals surface area contributed by atoms with Crippen LogP contribution in [-0.4, -0.2) is 0 Å². The summed E-state index contributed by atoms with van der Waals surface area (Å²) in [7, 11) is 0. The van der Waals surface area contributed by atoms with E-state index < -0.39 is 0 Å². The normalized spacial score (nSPS) is 13.9. The van der Waals surface area contributed by atoms with Gasteiger partial charge in [-0.1, -0.05) is 42.4 Å². The molecule has 0 nitrogen and oxygen atoms in total. The Balaban J connectivity index is 2.42. The molecule has 0 unspecified atom stereocenters. The van der Waals surface area contributed by atoms with Gasteiger partial charge in [0.15, 0.2) is 0 Å². The number of fused-ring (bicyclic) bond motifs is 1. The Labute approximate surface area is 93.5 Å². The zero-order chi connectivity index (χ0) is 11.1. The van der Waals surface area contributed by atoms with Crippen molar-refractivity contribution in [1.82, 2.24) is 0 Å². The quantitative estimate of drug-likeness (QED) is 0.321. The van der Waals surface area contributed by atoms with Crippen LogP contribution in [0.2, 0.25) is 0 Å². The van der Waals surface area contributed by atoms with Gasteiger partial charge in [-0.05, 0) is 49.2 Å². The van der Waals surface area contributed by atoms with Crippen LogP contribution >= 0.6 is 0 Å². The van der Waals surface area contributed by atoms with E-state index in [9.17, 15) is 0 Å². The Bertz CT molecular complexity index is 981. The first-order valence-electron chi connectivity index (χ1n) is 6.06. The summed E-state index contributed by atoms with van der Waals surface area (Å²) in [5.74, 6) is 0. The average molecular weight is 201 g/mol. The van der Waals surface area contributed by atoms with Crippen molar-refractivity contribution in [1.29, 1.82) is 0 Å². The molecule has 0 heterocycles. The second-order valence-corrected chi connectivity index (χ2v) is 4.57. The topological polar surface area (TPSA) is 0 Å². The molecule has 0 amide bonds. The first-order chi connectivity index (χ1) is 8.34. The van der Waals surface area contributed by atoms with E-state index in [0.29, 0.717) is 6.04 Å². The molecule has 7 aromatic carbocycles. The van der Waals surface area contributed by atoms with E-state index in [1.54, 1.807) is 0 Å². The van der Waals surface area contributed by atoms with Crippen LogP contribution in [0.5, 0.6) is 0 Å².